The lowest BCUT2D eigenvalue weighted by molar-refractivity contribution is -0.114. The van der Waals surface area contributed by atoms with Crippen LogP contribution in [-0.2, 0) is 17.8 Å². The fraction of sp³-hybridized carbons (Fsp3) is 0.292. The van der Waals surface area contributed by atoms with Crippen molar-refractivity contribution in [2.45, 2.75) is 26.8 Å². The van der Waals surface area contributed by atoms with E-state index in [1.54, 1.807) is 0 Å². The van der Waals surface area contributed by atoms with Gasteiger partial charge in [-0.15, -0.1) is 24.0 Å². The van der Waals surface area contributed by atoms with Gasteiger partial charge in [-0.05, 0) is 36.6 Å². The van der Waals surface area contributed by atoms with E-state index in [9.17, 15) is 4.79 Å². The van der Waals surface area contributed by atoms with E-state index in [1.165, 1.54) is 12.5 Å². The van der Waals surface area contributed by atoms with Crippen LogP contribution in [0.5, 0.6) is 0 Å². The van der Waals surface area contributed by atoms with Crippen LogP contribution in [0.3, 0.4) is 0 Å². The summed E-state index contributed by atoms with van der Waals surface area (Å²) in [6, 6.07) is 18.0. The molecule has 1 heterocycles. The fourth-order valence-corrected chi connectivity index (χ4v) is 3.23. The zero-order valence-corrected chi connectivity index (χ0v) is 21.1. The van der Waals surface area contributed by atoms with E-state index < -0.39 is 0 Å². The van der Waals surface area contributed by atoms with E-state index in [0.29, 0.717) is 13.1 Å². The second-order valence-corrected chi connectivity index (χ2v) is 7.33. The Labute approximate surface area is 206 Å². The monoisotopic (exact) mass is 546 g/mol. The summed E-state index contributed by atoms with van der Waals surface area (Å²) in [5.74, 6) is 1.67. The molecule has 2 aromatic carbocycles. The van der Waals surface area contributed by atoms with Gasteiger partial charge in [0.25, 0.3) is 0 Å². The Morgan fingerprint density at radius 2 is 1.84 bits per heavy atom. The Morgan fingerprint density at radius 3 is 2.50 bits per heavy atom. The molecule has 0 saturated carbocycles. The molecule has 0 aliphatic carbocycles. The first-order chi connectivity index (χ1) is 15.0. The Hall–Kier alpha value is -2.88. The summed E-state index contributed by atoms with van der Waals surface area (Å²) in [5.41, 5.74) is 4.11. The third kappa shape index (κ3) is 7.67. The Morgan fingerprint density at radius 1 is 1.12 bits per heavy atom. The van der Waals surface area contributed by atoms with Gasteiger partial charge in [0.15, 0.2) is 5.96 Å². The van der Waals surface area contributed by atoms with Crippen LogP contribution < -0.4 is 10.6 Å². The Balaban J connectivity index is 0.00000363. The maximum atomic E-state index is 11.1. The van der Waals surface area contributed by atoms with Crippen LogP contribution in [0.25, 0.3) is 11.3 Å². The molecule has 0 saturated heterocycles. The van der Waals surface area contributed by atoms with Crippen molar-refractivity contribution in [1.29, 1.82) is 0 Å². The second kappa shape index (κ2) is 12.8. The van der Waals surface area contributed by atoms with Crippen LogP contribution in [0.1, 0.15) is 25.2 Å². The molecule has 1 aromatic heterocycles. The van der Waals surface area contributed by atoms with Gasteiger partial charge in [0, 0.05) is 32.7 Å². The van der Waals surface area contributed by atoms with Crippen molar-refractivity contribution >= 4 is 41.5 Å². The molecule has 0 atom stereocenters. The number of imidazole rings is 1. The molecule has 1 amide bonds. The minimum absolute atomic E-state index is 0. The number of hydrogen-bond acceptors (Lipinski definition) is 3. The average Bonchev–Trinajstić information content (AvgIpc) is 3.23. The first-order valence-corrected chi connectivity index (χ1v) is 10.5. The zero-order chi connectivity index (χ0) is 22.1. The topological polar surface area (TPSA) is 85.4 Å². The molecule has 32 heavy (non-hydrogen) atoms. The lowest BCUT2D eigenvalue weighted by Crippen LogP contribution is -2.38. The summed E-state index contributed by atoms with van der Waals surface area (Å²) in [4.78, 5) is 25.9. The van der Waals surface area contributed by atoms with Gasteiger partial charge < -0.3 is 20.5 Å². The number of anilines is 1. The fourth-order valence-electron chi connectivity index (χ4n) is 3.23. The van der Waals surface area contributed by atoms with Gasteiger partial charge in [0.05, 0.1) is 18.4 Å². The molecule has 0 unspecified atom stereocenters. The smallest absolute Gasteiger partial charge is 0.221 e. The highest BCUT2D eigenvalue weighted by molar-refractivity contribution is 14.0. The number of benzene rings is 2. The SMILES string of the molecule is CCNC(=NCCc1ccc(NC(C)=O)cc1)N(C)Cc1ncc(-c2ccccc2)[nH]1.I. The predicted octanol–water partition coefficient (Wildman–Crippen LogP) is 4.29. The van der Waals surface area contributed by atoms with E-state index in [-0.39, 0.29) is 29.9 Å². The largest absolute Gasteiger partial charge is 0.357 e. The molecule has 0 spiro atoms. The standard InChI is InChI=1S/C24H30N6O.HI/c1-4-25-24(26-15-14-19-10-12-21(13-11-19)28-18(2)31)30(3)17-23-27-16-22(29-23)20-8-6-5-7-9-20;/h5-13,16H,4,14-15,17H2,1-3H3,(H,25,26)(H,27,29)(H,28,31);1H. The van der Waals surface area contributed by atoms with Gasteiger partial charge in [-0.25, -0.2) is 4.98 Å². The molecule has 0 bridgehead atoms. The number of rotatable bonds is 8. The highest BCUT2D eigenvalue weighted by atomic mass is 127. The number of guanidine groups is 1. The summed E-state index contributed by atoms with van der Waals surface area (Å²) in [7, 11) is 2.01. The van der Waals surface area contributed by atoms with E-state index in [2.05, 4.69) is 44.6 Å². The molecule has 7 nitrogen and oxygen atoms in total. The minimum atomic E-state index is -0.0666. The highest BCUT2D eigenvalue weighted by Crippen LogP contribution is 2.16. The predicted molar refractivity (Wildman–Crippen MR) is 141 cm³/mol. The maximum absolute atomic E-state index is 11.1. The first-order valence-electron chi connectivity index (χ1n) is 10.5. The summed E-state index contributed by atoms with van der Waals surface area (Å²) < 4.78 is 0. The Bertz CT molecular complexity index is 1000. The summed E-state index contributed by atoms with van der Waals surface area (Å²) in [6.07, 6.45) is 2.69. The number of aromatic nitrogens is 2. The molecule has 3 rings (SSSR count). The van der Waals surface area contributed by atoms with E-state index >= 15 is 0 Å². The van der Waals surface area contributed by atoms with Gasteiger partial charge >= 0.3 is 0 Å². The van der Waals surface area contributed by atoms with Crippen molar-refractivity contribution in [3.8, 4) is 11.3 Å². The zero-order valence-electron chi connectivity index (χ0n) is 18.8. The molecule has 0 radical (unpaired) electrons. The van der Waals surface area contributed by atoms with Crippen molar-refractivity contribution < 1.29 is 4.79 Å². The van der Waals surface area contributed by atoms with Crippen LogP contribution in [0.4, 0.5) is 5.69 Å². The molecule has 0 aliphatic rings. The molecule has 0 aliphatic heterocycles. The van der Waals surface area contributed by atoms with E-state index in [4.69, 9.17) is 4.99 Å². The van der Waals surface area contributed by atoms with Crippen LogP contribution >= 0.6 is 24.0 Å². The number of carbonyl (C=O) groups excluding carboxylic acids is 1. The molecule has 3 aromatic rings. The number of halogens is 1. The lowest BCUT2D eigenvalue weighted by atomic mass is 10.1. The number of aliphatic imine (C=N–C) groups is 1. The molecular weight excluding hydrogens is 515 g/mol. The summed E-state index contributed by atoms with van der Waals surface area (Å²) >= 11 is 0. The number of nitrogens with zero attached hydrogens (tertiary/aromatic N) is 3. The number of amides is 1. The van der Waals surface area contributed by atoms with Crippen LogP contribution in [0.15, 0.2) is 65.8 Å². The number of H-pyrrole nitrogens is 1. The van der Waals surface area contributed by atoms with Crippen LogP contribution in [-0.4, -0.2) is 46.9 Å². The third-order valence-electron chi connectivity index (χ3n) is 4.73. The number of hydrogen-bond donors (Lipinski definition) is 3. The van der Waals surface area contributed by atoms with Crippen molar-refractivity contribution in [3.63, 3.8) is 0 Å². The van der Waals surface area contributed by atoms with Crippen LogP contribution in [0.2, 0.25) is 0 Å². The molecule has 0 fully saturated rings. The van der Waals surface area contributed by atoms with Gasteiger partial charge in [-0.2, -0.15) is 0 Å². The minimum Gasteiger partial charge on any atom is -0.357 e. The van der Waals surface area contributed by atoms with Gasteiger partial charge in [0.1, 0.15) is 5.82 Å². The van der Waals surface area contributed by atoms with Gasteiger partial charge in [-0.3, -0.25) is 9.79 Å². The summed E-state index contributed by atoms with van der Waals surface area (Å²) in [5, 5.41) is 6.13. The highest BCUT2D eigenvalue weighted by Gasteiger charge is 2.10. The number of nitrogens with one attached hydrogen (secondary N) is 3. The molecule has 3 N–H and O–H groups in total. The Kier molecular flexibility index (Phi) is 10.2. The van der Waals surface area contributed by atoms with Crippen molar-refractivity contribution in [2.75, 3.05) is 25.5 Å². The maximum Gasteiger partial charge on any atom is 0.221 e. The number of aromatic amines is 1. The third-order valence-corrected chi connectivity index (χ3v) is 4.73. The number of carbonyl (C=O) groups is 1. The average molecular weight is 546 g/mol. The van der Waals surface area contributed by atoms with Crippen molar-refractivity contribution in [3.05, 3.63) is 72.2 Å². The van der Waals surface area contributed by atoms with Gasteiger partial charge in [0.2, 0.25) is 5.91 Å². The normalized spacial score (nSPS) is 10.9. The molecule has 170 valence electrons. The van der Waals surface area contributed by atoms with Gasteiger partial charge in [-0.1, -0.05) is 42.5 Å². The molecular formula is C24H31IN6O. The first kappa shape index (κ1) is 25.4. The summed E-state index contributed by atoms with van der Waals surface area (Å²) in [6.45, 7) is 5.66. The van der Waals surface area contributed by atoms with Crippen molar-refractivity contribution in [2.24, 2.45) is 4.99 Å². The molecule has 8 heteroatoms. The van der Waals surface area contributed by atoms with Crippen LogP contribution in [0, 0.1) is 0 Å². The lowest BCUT2D eigenvalue weighted by Gasteiger charge is -2.21. The second-order valence-electron chi connectivity index (χ2n) is 7.33. The quantitative estimate of drug-likeness (QED) is 0.224. The van der Waals surface area contributed by atoms with Crippen molar-refractivity contribution in [1.82, 2.24) is 20.2 Å². The van der Waals surface area contributed by atoms with E-state index in [0.717, 1.165) is 41.7 Å². The van der Waals surface area contributed by atoms with E-state index in [1.807, 2.05) is 55.7 Å².